The first-order chi connectivity index (χ1) is 13.0. The third kappa shape index (κ3) is 4.47. The van der Waals surface area contributed by atoms with Crippen molar-refractivity contribution in [1.29, 1.82) is 0 Å². The van der Waals surface area contributed by atoms with Gasteiger partial charge in [-0.3, -0.25) is 4.79 Å². The lowest BCUT2D eigenvalue weighted by atomic mass is 10.2. The summed E-state index contributed by atoms with van der Waals surface area (Å²) < 4.78 is 13.5. The van der Waals surface area contributed by atoms with Crippen molar-refractivity contribution in [2.24, 2.45) is 4.99 Å². The number of halogens is 1. The van der Waals surface area contributed by atoms with E-state index in [1.165, 1.54) is 22.7 Å². The van der Waals surface area contributed by atoms with Gasteiger partial charge in [-0.15, -0.1) is 11.3 Å². The number of fused-ring (bicyclic) bond motifs is 1. The number of hydrogen-bond acceptors (Lipinski definition) is 6. The van der Waals surface area contributed by atoms with E-state index in [0.717, 1.165) is 10.2 Å². The highest BCUT2D eigenvalue weighted by Gasteiger charge is 2.13. The molecule has 0 atom stereocenters. The largest absolute Gasteiger partial charge is 0.462 e. The van der Waals surface area contributed by atoms with Crippen molar-refractivity contribution >= 4 is 56.4 Å². The van der Waals surface area contributed by atoms with Crippen molar-refractivity contribution in [2.75, 3.05) is 20.3 Å². The van der Waals surface area contributed by atoms with Crippen molar-refractivity contribution in [3.63, 3.8) is 0 Å². The standard InChI is InChI=1S/C18H17ClN2O4S2/c1-3-25-17(23)11-4-5-12-14(10-11)27-18(21(12)8-9-24-2)20-16(22)13-6-7-15(19)26-13/h4-7,10H,3,8-9H2,1-2H3. The third-order valence-corrected chi connectivity index (χ3v) is 5.95. The summed E-state index contributed by atoms with van der Waals surface area (Å²) in [5.41, 5.74) is 1.34. The fraction of sp³-hybridized carbons (Fsp3) is 0.278. The average molecular weight is 425 g/mol. The minimum Gasteiger partial charge on any atom is -0.462 e. The molecule has 142 valence electrons. The Hall–Kier alpha value is -2.00. The summed E-state index contributed by atoms with van der Waals surface area (Å²) in [7, 11) is 1.61. The van der Waals surface area contributed by atoms with Gasteiger partial charge in [-0.1, -0.05) is 22.9 Å². The van der Waals surface area contributed by atoms with Crippen LogP contribution in [-0.2, 0) is 16.0 Å². The predicted molar refractivity (Wildman–Crippen MR) is 107 cm³/mol. The lowest BCUT2D eigenvalue weighted by Crippen LogP contribution is -2.19. The van der Waals surface area contributed by atoms with E-state index < -0.39 is 0 Å². The lowest BCUT2D eigenvalue weighted by molar-refractivity contribution is 0.0526. The van der Waals surface area contributed by atoms with Gasteiger partial charge in [-0.2, -0.15) is 4.99 Å². The van der Waals surface area contributed by atoms with E-state index in [0.29, 0.717) is 39.3 Å². The predicted octanol–water partition coefficient (Wildman–Crippen LogP) is 3.98. The van der Waals surface area contributed by atoms with Crippen LogP contribution in [0.25, 0.3) is 10.2 Å². The highest BCUT2D eigenvalue weighted by Crippen LogP contribution is 2.23. The Morgan fingerprint density at radius 2 is 2.04 bits per heavy atom. The molecule has 0 radical (unpaired) electrons. The second-order valence-corrected chi connectivity index (χ2v) is 8.18. The van der Waals surface area contributed by atoms with Crippen LogP contribution in [0.15, 0.2) is 35.3 Å². The Bertz CT molecular complexity index is 1050. The molecule has 0 fully saturated rings. The summed E-state index contributed by atoms with van der Waals surface area (Å²) in [4.78, 5) is 29.7. The fourth-order valence-corrected chi connectivity index (χ4v) is 4.49. The molecule has 0 aliphatic heterocycles. The zero-order chi connectivity index (χ0) is 19.4. The number of thiophene rings is 1. The molecule has 0 N–H and O–H groups in total. The Morgan fingerprint density at radius 3 is 2.70 bits per heavy atom. The van der Waals surface area contributed by atoms with Crippen LogP contribution in [0.1, 0.15) is 27.0 Å². The molecule has 2 aromatic heterocycles. The van der Waals surface area contributed by atoms with E-state index in [4.69, 9.17) is 21.1 Å². The van der Waals surface area contributed by atoms with Crippen molar-refractivity contribution in [2.45, 2.75) is 13.5 Å². The van der Waals surface area contributed by atoms with Crippen molar-refractivity contribution < 1.29 is 19.1 Å². The number of benzene rings is 1. The molecular formula is C18H17ClN2O4S2. The smallest absolute Gasteiger partial charge is 0.338 e. The van der Waals surface area contributed by atoms with Gasteiger partial charge in [0, 0.05) is 13.7 Å². The van der Waals surface area contributed by atoms with Crippen molar-refractivity contribution in [3.05, 3.63) is 49.9 Å². The van der Waals surface area contributed by atoms with Gasteiger partial charge in [0.2, 0.25) is 0 Å². The van der Waals surface area contributed by atoms with Crippen LogP contribution in [0.5, 0.6) is 0 Å². The zero-order valence-electron chi connectivity index (χ0n) is 14.7. The molecule has 9 heteroatoms. The molecule has 3 aromatic rings. The molecule has 0 bridgehead atoms. The molecular weight excluding hydrogens is 408 g/mol. The SMILES string of the molecule is CCOC(=O)c1ccc2c(c1)sc(=NC(=O)c1ccc(Cl)s1)n2CCOC. The van der Waals surface area contributed by atoms with Gasteiger partial charge in [-0.25, -0.2) is 4.79 Å². The number of carbonyl (C=O) groups is 2. The van der Waals surface area contributed by atoms with E-state index in [9.17, 15) is 9.59 Å². The van der Waals surface area contributed by atoms with Crippen molar-refractivity contribution in [1.82, 2.24) is 4.57 Å². The van der Waals surface area contributed by atoms with E-state index in [1.54, 1.807) is 38.3 Å². The molecule has 0 saturated carbocycles. The van der Waals surface area contributed by atoms with Gasteiger partial charge < -0.3 is 14.0 Å². The maximum atomic E-state index is 12.5. The first kappa shape index (κ1) is 19.8. The zero-order valence-corrected chi connectivity index (χ0v) is 17.1. The van der Waals surface area contributed by atoms with Gasteiger partial charge in [0.15, 0.2) is 4.80 Å². The second kappa shape index (κ2) is 8.79. The van der Waals surface area contributed by atoms with Gasteiger partial charge in [0.1, 0.15) is 0 Å². The summed E-state index contributed by atoms with van der Waals surface area (Å²) >= 11 is 8.43. The Labute approximate surface area is 168 Å². The van der Waals surface area contributed by atoms with Gasteiger partial charge in [-0.05, 0) is 37.3 Å². The normalized spacial score (nSPS) is 11.9. The molecule has 0 saturated heterocycles. The number of ether oxygens (including phenoxy) is 2. The van der Waals surface area contributed by atoms with Crippen LogP contribution in [-0.4, -0.2) is 36.8 Å². The maximum absolute atomic E-state index is 12.5. The average Bonchev–Trinajstić information content (AvgIpc) is 3.23. The minimum atomic E-state index is -0.376. The monoisotopic (exact) mass is 424 g/mol. The minimum absolute atomic E-state index is 0.313. The van der Waals surface area contributed by atoms with Crippen LogP contribution < -0.4 is 4.80 Å². The van der Waals surface area contributed by atoms with Gasteiger partial charge in [0.25, 0.3) is 5.91 Å². The first-order valence-electron chi connectivity index (χ1n) is 8.17. The molecule has 0 spiro atoms. The number of hydrogen-bond donors (Lipinski definition) is 0. The molecule has 0 aliphatic carbocycles. The maximum Gasteiger partial charge on any atom is 0.338 e. The molecule has 6 nitrogen and oxygen atoms in total. The Morgan fingerprint density at radius 1 is 1.22 bits per heavy atom. The molecule has 0 aliphatic rings. The van der Waals surface area contributed by atoms with Crippen LogP contribution in [0.2, 0.25) is 4.34 Å². The number of carbonyl (C=O) groups excluding carboxylic acids is 2. The van der Waals surface area contributed by atoms with Gasteiger partial charge >= 0.3 is 5.97 Å². The van der Waals surface area contributed by atoms with Gasteiger partial charge in [0.05, 0.1) is 38.2 Å². The van der Waals surface area contributed by atoms with E-state index >= 15 is 0 Å². The van der Waals surface area contributed by atoms with Crippen LogP contribution in [0, 0.1) is 0 Å². The number of esters is 1. The van der Waals surface area contributed by atoms with Crippen LogP contribution in [0.4, 0.5) is 0 Å². The third-order valence-electron chi connectivity index (χ3n) is 3.69. The second-order valence-electron chi connectivity index (χ2n) is 5.45. The Kier molecular flexibility index (Phi) is 6.43. The van der Waals surface area contributed by atoms with E-state index in [1.807, 2.05) is 10.6 Å². The molecule has 3 rings (SSSR count). The topological polar surface area (TPSA) is 69.9 Å². The van der Waals surface area contributed by atoms with E-state index in [-0.39, 0.29) is 11.9 Å². The number of amides is 1. The number of thiazole rings is 1. The highest BCUT2D eigenvalue weighted by atomic mass is 35.5. The number of nitrogens with zero attached hydrogens (tertiary/aromatic N) is 2. The Balaban J connectivity index is 2.08. The summed E-state index contributed by atoms with van der Waals surface area (Å²) in [6.45, 7) is 3.08. The van der Waals surface area contributed by atoms with Crippen LogP contribution >= 0.6 is 34.3 Å². The number of rotatable bonds is 6. The van der Waals surface area contributed by atoms with Crippen LogP contribution in [0.3, 0.4) is 0 Å². The van der Waals surface area contributed by atoms with E-state index in [2.05, 4.69) is 4.99 Å². The van der Waals surface area contributed by atoms with Crippen molar-refractivity contribution in [3.8, 4) is 0 Å². The summed E-state index contributed by atoms with van der Waals surface area (Å²) in [5.74, 6) is -0.728. The fourth-order valence-electron chi connectivity index (χ4n) is 2.47. The molecule has 1 amide bonds. The number of methoxy groups -OCH3 is 1. The molecule has 1 aromatic carbocycles. The lowest BCUT2D eigenvalue weighted by Gasteiger charge is -2.05. The molecule has 27 heavy (non-hydrogen) atoms. The highest BCUT2D eigenvalue weighted by molar-refractivity contribution is 7.18. The first-order valence-corrected chi connectivity index (χ1v) is 10.2. The summed E-state index contributed by atoms with van der Waals surface area (Å²) in [5, 5.41) is 0. The number of aromatic nitrogens is 1. The molecule has 0 unspecified atom stereocenters. The summed E-state index contributed by atoms with van der Waals surface area (Å²) in [6.07, 6.45) is 0. The summed E-state index contributed by atoms with van der Waals surface area (Å²) in [6, 6.07) is 8.63. The quantitative estimate of drug-likeness (QED) is 0.561. The molecule has 2 heterocycles.